The van der Waals surface area contributed by atoms with Crippen LogP contribution in [-0.4, -0.2) is 39.9 Å². The van der Waals surface area contributed by atoms with Gasteiger partial charge in [-0.25, -0.2) is 4.98 Å². The Morgan fingerprint density at radius 3 is 2.70 bits per heavy atom. The minimum atomic E-state index is -0.368. The molecule has 2 aliphatic heterocycles. The quantitative estimate of drug-likeness (QED) is 0.641. The predicted molar refractivity (Wildman–Crippen MR) is 109 cm³/mol. The number of amides is 2. The van der Waals surface area contributed by atoms with Crippen molar-refractivity contribution in [1.29, 1.82) is 0 Å². The molecule has 2 aromatic rings. The van der Waals surface area contributed by atoms with Crippen molar-refractivity contribution in [3.63, 3.8) is 0 Å². The maximum atomic E-state index is 12.4. The van der Waals surface area contributed by atoms with Gasteiger partial charge in [-0.1, -0.05) is 18.2 Å². The number of rotatable bonds is 2. The van der Waals surface area contributed by atoms with Crippen LogP contribution >= 0.6 is 12.2 Å². The Morgan fingerprint density at radius 1 is 1.22 bits per heavy atom. The van der Waals surface area contributed by atoms with Gasteiger partial charge in [0.05, 0.1) is 5.52 Å². The van der Waals surface area contributed by atoms with Gasteiger partial charge >= 0.3 is 0 Å². The van der Waals surface area contributed by atoms with Crippen LogP contribution in [0.15, 0.2) is 36.0 Å². The Morgan fingerprint density at radius 2 is 1.96 bits per heavy atom. The summed E-state index contributed by atoms with van der Waals surface area (Å²) in [7, 11) is 0. The van der Waals surface area contributed by atoms with Crippen molar-refractivity contribution in [2.24, 2.45) is 0 Å². The molecule has 2 saturated heterocycles. The monoisotopic (exact) mass is 380 g/mol. The highest BCUT2D eigenvalue weighted by atomic mass is 32.1. The summed E-state index contributed by atoms with van der Waals surface area (Å²) in [6, 6.07) is 9.92. The zero-order valence-corrected chi connectivity index (χ0v) is 15.9. The van der Waals surface area contributed by atoms with Gasteiger partial charge in [-0.2, -0.15) is 0 Å². The highest BCUT2D eigenvalue weighted by molar-refractivity contribution is 7.80. The molecule has 0 atom stereocenters. The summed E-state index contributed by atoms with van der Waals surface area (Å²) in [5.41, 5.74) is 1.97. The molecule has 0 radical (unpaired) electrons. The standard InChI is InChI=1S/C20H20N4O2S/c1-13(25)24-17(19(26)22-20(24)27)12-15-11-14-7-3-4-8-16(14)21-18(15)23-9-5-2-6-10-23/h3-4,7-8,11-12H,2,5-6,9-10H2,1H3,(H,22,26,27)/b17-12-. The van der Waals surface area contributed by atoms with E-state index < -0.39 is 0 Å². The van der Waals surface area contributed by atoms with Crippen LogP contribution in [0.25, 0.3) is 17.0 Å². The number of carbonyl (C=O) groups is 2. The summed E-state index contributed by atoms with van der Waals surface area (Å²) in [5.74, 6) is 0.181. The van der Waals surface area contributed by atoms with E-state index in [1.54, 1.807) is 6.08 Å². The van der Waals surface area contributed by atoms with Crippen LogP contribution in [-0.2, 0) is 9.59 Å². The molecule has 4 rings (SSSR count). The zero-order valence-electron chi connectivity index (χ0n) is 15.1. The lowest BCUT2D eigenvalue weighted by molar-refractivity contribution is -0.125. The molecule has 0 bridgehead atoms. The van der Waals surface area contributed by atoms with Crippen LogP contribution in [0.1, 0.15) is 31.7 Å². The number of nitrogens with zero attached hydrogens (tertiary/aromatic N) is 3. The lowest BCUT2D eigenvalue weighted by atomic mass is 10.1. The van der Waals surface area contributed by atoms with Gasteiger partial charge in [0.1, 0.15) is 11.5 Å². The summed E-state index contributed by atoms with van der Waals surface area (Å²) >= 11 is 5.13. The highest BCUT2D eigenvalue weighted by Gasteiger charge is 2.33. The van der Waals surface area contributed by atoms with E-state index in [2.05, 4.69) is 10.2 Å². The first-order chi connectivity index (χ1) is 13.0. The first-order valence-electron chi connectivity index (χ1n) is 9.07. The summed E-state index contributed by atoms with van der Waals surface area (Å²) in [6.45, 7) is 3.26. The number of para-hydroxylation sites is 1. The van der Waals surface area contributed by atoms with Crippen molar-refractivity contribution in [2.75, 3.05) is 18.0 Å². The number of hydrogen-bond acceptors (Lipinski definition) is 5. The van der Waals surface area contributed by atoms with Gasteiger partial charge < -0.3 is 4.90 Å². The van der Waals surface area contributed by atoms with Crippen molar-refractivity contribution in [3.05, 3.63) is 41.6 Å². The molecule has 0 unspecified atom stereocenters. The summed E-state index contributed by atoms with van der Waals surface area (Å²) in [6.07, 6.45) is 5.18. The van der Waals surface area contributed by atoms with Gasteiger partial charge in [0.15, 0.2) is 5.11 Å². The first kappa shape index (κ1) is 17.6. The smallest absolute Gasteiger partial charge is 0.274 e. The normalized spacial score (nSPS) is 19.1. The lowest BCUT2D eigenvalue weighted by Crippen LogP contribution is -2.31. The van der Waals surface area contributed by atoms with Crippen molar-refractivity contribution in [2.45, 2.75) is 26.2 Å². The number of piperidine rings is 1. The molecule has 27 heavy (non-hydrogen) atoms. The maximum absolute atomic E-state index is 12.4. The second-order valence-electron chi connectivity index (χ2n) is 6.78. The molecule has 1 N–H and O–H groups in total. The number of hydrogen-bond donors (Lipinski definition) is 1. The van der Waals surface area contributed by atoms with E-state index in [9.17, 15) is 9.59 Å². The van der Waals surface area contributed by atoms with E-state index >= 15 is 0 Å². The molecule has 2 amide bonds. The number of carbonyl (C=O) groups excluding carboxylic acids is 2. The van der Waals surface area contributed by atoms with Crippen LogP contribution in [0.2, 0.25) is 0 Å². The minimum Gasteiger partial charge on any atom is -0.356 e. The second-order valence-corrected chi connectivity index (χ2v) is 7.17. The summed E-state index contributed by atoms with van der Waals surface area (Å²) in [4.78, 5) is 32.7. The Hall–Kier alpha value is -2.80. The fourth-order valence-corrected chi connectivity index (χ4v) is 3.92. The highest BCUT2D eigenvalue weighted by Crippen LogP contribution is 2.29. The van der Waals surface area contributed by atoms with Crippen molar-refractivity contribution in [1.82, 2.24) is 15.2 Å². The molecule has 1 aromatic heterocycles. The third-order valence-corrected chi connectivity index (χ3v) is 5.18. The Kier molecular flexibility index (Phi) is 4.61. The number of aromatic nitrogens is 1. The first-order valence-corrected chi connectivity index (χ1v) is 9.48. The van der Waals surface area contributed by atoms with E-state index in [0.29, 0.717) is 0 Å². The molecule has 1 aromatic carbocycles. The van der Waals surface area contributed by atoms with Gasteiger partial charge in [0.25, 0.3) is 5.91 Å². The van der Waals surface area contributed by atoms with Gasteiger partial charge in [-0.05, 0) is 49.7 Å². The predicted octanol–water partition coefficient (Wildman–Crippen LogP) is 2.83. The Labute approximate surface area is 162 Å². The van der Waals surface area contributed by atoms with Crippen molar-refractivity contribution >= 4 is 51.9 Å². The van der Waals surface area contributed by atoms with Crippen LogP contribution in [0.5, 0.6) is 0 Å². The topological polar surface area (TPSA) is 65.5 Å². The van der Waals surface area contributed by atoms with E-state index in [1.807, 2.05) is 30.3 Å². The molecule has 6 nitrogen and oxygen atoms in total. The summed E-state index contributed by atoms with van der Waals surface area (Å²) < 4.78 is 0. The van der Waals surface area contributed by atoms with E-state index in [4.69, 9.17) is 17.2 Å². The van der Waals surface area contributed by atoms with E-state index in [1.165, 1.54) is 18.2 Å². The third kappa shape index (κ3) is 3.30. The molecular formula is C20H20N4O2S. The number of fused-ring (bicyclic) bond motifs is 1. The number of pyridine rings is 1. The van der Waals surface area contributed by atoms with Crippen LogP contribution < -0.4 is 10.2 Å². The minimum absolute atomic E-state index is 0.118. The zero-order chi connectivity index (χ0) is 19.0. The molecule has 2 fully saturated rings. The molecule has 7 heteroatoms. The van der Waals surface area contributed by atoms with Crippen LogP contribution in [0.3, 0.4) is 0 Å². The average Bonchev–Trinajstić information content (AvgIpc) is 2.95. The Bertz CT molecular complexity index is 979. The summed E-state index contributed by atoms with van der Waals surface area (Å²) in [5, 5.41) is 3.65. The number of thiocarbonyl (C=S) groups is 1. The van der Waals surface area contributed by atoms with Crippen molar-refractivity contribution in [3.8, 4) is 0 Å². The molecule has 0 saturated carbocycles. The van der Waals surface area contributed by atoms with E-state index in [-0.39, 0.29) is 22.6 Å². The fourth-order valence-electron chi connectivity index (χ4n) is 3.61. The molecule has 2 aliphatic rings. The van der Waals surface area contributed by atoms with Gasteiger partial charge in [0, 0.05) is 31.0 Å². The third-order valence-electron chi connectivity index (χ3n) is 4.89. The SMILES string of the molecule is CC(=O)N1C(=S)NC(=O)/C1=C/c1cc2ccccc2nc1N1CCCCC1. The number of anilines is 1. The molecule has 3 heterocycles. The number of nitrogens with one attached hydrogen (secondary N) is 1. The fraction of sp³-hybridized carbons (Fsp3) is 0.300. The molecular weight excluding hydrogens is 360 g/mol. The van der Waals surface area contributed by atoms with Crippen LogP contribution in [0.4, 0.5) is 5.82 Å². The number of benzene rings is 1. The van der Waals surface area contributed by atoms with Crippen molar-refractivity contribution < 1.29 is 9.59 Å². The van der Waals surface area contributed by atoms with Crippen LogP contribution in [0, 0.1) is 0 Å². The molecule has 138 valence electrons. The Balaban J connectivity index is 1.87. The lowest BCUT2D eigenvalue weighted by Gasteiger charge is -2.29. The second kappa shape index (κ2) is 7.08. The average molecular weight is 380 g/mol. The van der Waals surface area contributed by atoms with Gasteiger partial charge in [-0.3, -0.25) is 19.8 Å². The van der Waals surface area contributed by atoms with Gasteiger partial charge in [-0.15, -0.1) is 0 Å². The van der Waals surface area contributed by atoms with Gasteiger partial charge in [0.2, 0.25) is 5.91 Å². The molecule has 0 spiro atoms. The largest absolute Gasteiger partial charge is 0.356 e. The molecule has 0 aliphatic carbocycles. The maximum Gasteiger partial charge on any atom is 0.274 e. The van der Waals surface area contributed by atoms with E-state index in [0.717, 1.165) is 48.2 Å².